The molecular formula is C27H31N3O2. The highest BCUT2D eigenvalue weighted by Gasteiger charge is 2.40. The molecule has 5 heteroatoms. The molecule has 166 valence electrons. The van der Waals surface area contributed by atoms with Gasteiger partial charge in [-0.15, -0.1) is 0 Å². The average Bonchev–Trinajstić information content (AvgIpc) is 3.34. The van der Waals surface area contributed by atoms with E-state index in [0.717, 1.165) is 36.6 Å². The number of nitrogens with zero attached hydrogens (tertiary/aromatic N) is 2. The van der Waals surface area contributed by atoms with Crippen LogP contribution in [-0.2, 0) is 0 Å². The van der Waals surface area contributed by atoms with E-state index in [-0.39, 0.29) is 11.9 Å². The first-order valence-corrected chi connectivity index (χ1v) is 11.7. The minimum Gasteiger partial charge on any atom is -0.451 e. The van der Waals surface area contributed by atoms with Crippen LogP contribution < -0.4 is 10.2 Å². The van der Waals surface area contributed by atoms with E-state index >= 15 is 0 Å². The predicted molar refractivity (Wildman–Crippen MR) is 128 cm³/mol. The number of hydrogen-bond acceptors (Lipinski definition) is 4. The number of fused-ring (bicyclic) bond motifs is 3. The fourth-order valence-corrected chi connectivity index (χ4v) is 5.33. The van der Waals surface area contributed by atoms with Gasteiger partial charge in [0, 0.05) is 35.6 Å². The highest BCUT2D eigenvalue weighted by Crippen LogP contribution is 2.33. The molecule has 3 fully saturated rings. The molecule has 5 nitrogen and oxygen atoms in total. The van der Waals surface area contributed by atoms with Gasteiger partial charge in [-0.25, -0.2) is 0 Å². The quantitative estimate of drug-likeness (QED) is 0.576. The highest BCUT2D eigenvalue weighted by atomic mass is 16.3. The van der Waals surface area contributed by atoms with Crippen molar-refractivity contribution in [3.63, 3.8) is 0 Å². The second kappa shape index (κ2) is 8.83. The number of nitrogens with one attached hydrogen (secondary N) is 1. The lowest BCUT2D eigenvalue weighted by Crippen LogP contribution is -2.62. The number of para-hydroxylation sites is 1. The predicted octanol–water partition coefficient (Wildman–Crippen LogP) is 5.32. The highest BCUT2D eigenvalue weighted by molar-refractivity contribution is 5.92. The van der Waals surface area contributed by atoms with Gasteiger partial charge in [-0.1, -0.05) is 30.3 Å². The zero-order valence-electron chi connectivity index (χ0n) is 18.8. The van der Waals surface area contributed by atoms with Crippen LogP contribution in [0.5, 0.6) is 0 Å². The van der Waals surface area contributed by atoms with Gasteiger partial charge in [0.2, 0.25) is 0 Å². The second-order valence-electron chi connectivity index (χ2n) is 8.91. The molecule has 32 heavy (non-hydrogen) atoms. The average molecular weight is 430 g/mol. The Hall–Kier alpha value is -3.05. The number of amides is 1. The molecule has 1 amide bonds. The van der Waals surface area contributed by atoms with Crippen LogP contribution >= 0.6 is 0 Å². The fourth-order valence-electron chi connectivity index (χ4n) is 5.33. The molecule has 3 aliphatic heterocycles. The van der Waals surface area contributed by atoms with Crippen molar-refractivity contribution in [1.29, 1.82) is 0 Å². The van der Waals surface area contributed by atoms with E-state index < -0.39 is 0 Å². The minimum absolute atomic E-state index is 0.113. The van der Waals surface area contributed by atoms with Crippen LogP contribution in [0.25, 0.3) is 11.3 Å². The van der Waals surface area contributed by atoms with Gasteiger partial charge in [-0.2, -0.15) is 0 Å². The van der Waals surface area contributed by atoms with Crippen LogP contribution in [-0.4, -0.2) is 42.5 Å². The molecule has 0 unspecified atom stereocenters. The summed E-state index contributed by atoms with van der Waals surface area (Å²) in [7, 11) is 0. The van der Waals surface area contributed by atoms with Crippen LogP contribution in [0.15, 0.2) is 71.1 Å². The lowest BCUT2D eigenvalue weighted by Gasteiger charge is -2.49. The summed E-state index contributed by atoms with van der Waals surface area (Å²) in [6.45, 7) is 7.53. The van der Waals surface area contributed by atoms with Crippen LogP contribution in [0.1, 0.15) is 37.2 Å². The summed E-state index contributed by atoms with van der Waals surface area (Å²) in [5.41, 5.74) is 3.21. The summed E-state index contributed by atoms with van der Waals surface area (Å²) in [5.74, 6) is 1.55. The summed E-state index contributed by atoms with van der Waals surface area (Å²) in [6, 6.07) is 22.9. The van der Waals surface area contributed by atoms with E-state index in [1.54, 1.807) is 6.07 Å². The Bertz CT molecular complexity index is 1070. The van der Waals surface area contributed by atoms with Gasteiger partial charge in [0.05, 0.1) is 0 Å². The normalized spacial score (nSPS) is 24.3. The van der Waals surface area contributed by atoms with E-state index in [0.29, 0.717) is 23.5 Å². The van der Waals surface area contributed by atoms with Crippen molar-refractivity contribution in [3.8, 4) is 11.3 Å². The minimum atomic E-state index is -0.113. The van der Waals surface area contributed by atoms with Crippen molar-refractivity contribution in [1.82, 2.24) is 10.2 Å². The van der Waals surface area contributed by atoms with Crippen molar-refractivity contribution in [3.05, 3.63) is 72.5 Å². The van der Waals surface area contributed by atoms with Crippen LogP contribution in [0.3, 0.4) is 0 Å². The Labute approximate surface area is 190 Å². The third kappa shape index (κ3) is 3.93. The SMILES string of the molecule is CCN(c1ccccc1)c1cccc(-c2ccc(C(=O)N[C@@H]3C4CCN(CC4)[C@H]3C)o2)c1. The number of furan rings is 1. The molecule has 2 bridgehead atoms. The Balaban J connectivity index is 1.33. The number of carbonyl (C=O) groups excluding carboxylic acids is 1. The second-order valence-corrected chi connectivity index (χ2v) is 8.91. The number of rotatable bonds is 6. The number of anilines is 2. The maximum Gasteiger partial charge on any atom is 0.287 e. The van der Waals surface area contributed by atoms with Gasteiger partial charge in [0.1, 0.15) is 5.76 Å². The molecular weight excluding hydrogens is 398 g/mol. The molecule has 1 aromatic heterocycles. The first-order valence-electron chi connectivity index (χ1n) is 11.7. The molecule has 3 aliphatic rings. The summed E-state index contributed by atoms with van der Waals surface area (Å²) < 4.78 is 6.02. The lowest BCUT2D eigenvalue weighted by atomic mass is 9.79. The van der Waals surface area contributed by atoms with E-state index in [9.17, 15) is 4.79 Å². The number of benzene rings is 2. The maximum atomic E-state index is 13.0. The van der Waals surface area contributed by atoms with Gasteiger partial charge in [-0.05, 0) is 82.1 Å². The fraction of sp³-hybridized carbons (Fsp3) is 0.370. The van der Waals surface area contributed by atoms with Gasteiger partial charge < -0.3 is 14.6 Å². The molecule has 2 atom stereocenters. The smallest absolute Gasteiger partial charge is 0.287 e. The summed E-state index contributed by atoms with van der Waals surface area (Å²) >= 11 is 0. The van der Waals surface area contributed by atoms with Crippen molar-refractivity contribution in [2.75, 3.05) is 24.5 Å². The molecule has 6 rings (SSSR count). The van der Waals surface area contributed by atoms with Crippen molar-refractivity contribution in [2.24, 2.45) is 5.92 Å². The molecule has 0 spiro atoms. The zero-order valence-corrected chi connectivity index (χ0v) is 18.8. The molecule has 2 aromatic carbocycles. The van der Waals surface area contributed by atoms with Gasteiger partial charge in [0.25, 0.3) is 5.91 Å². The Morgan fingerprint density at radius 1 is 1.03 bits per heavy atom. The third-order valence-corrected chi connectivity index (χ3v) is 7.13. The topological polar surface area (TPSA) is 48.7 Å². The van der Waals surface area contributed by atoms with Gasteiger partial charge in [0.15, 0.2) is 5.76 Å². The van der Waals surface area contributed by atoms with Gasteiger partial charge in [-0.3, -0.25) is 9.69 Å². The van der Waals surface area contributed by atoms with E-state index in [2.05, 4.69) is 65.4 Å². The Kier molecular flexibility index (Phi) is 5.75. The van der Waals surface area contributed by atoms with Crippen LogP contribution in [0.4, 0.5) is 11.4 Å². The molecule has 1 N–H and O–H groups in total. The molecule has 3 saturated heterocycles. The van der Waals surface area contributed by atoms with Crippen molar-refractivity contribution in [2.45, 2.75) is 38.8 Å². The molecule has 0 radical (unpaired) electrons. The Morgan fingerprint density at radius 3 is 2.50 bits per heavy atom. The summed E-state index contributed by atoms with van der Waals surface area (Å²) in [4.78, 5) is 17.7. The summed E-state index contributed by atoms with van der Waals surface area (Å²) in [6.07, 6.45) is 2.33. The largest absolute Gasteiger partial charge is 0.451 e. The number of carbonyl (C=O) groups is 1. The van der Waals surface area contributed by atoms with E-state index in [1.807, 2.05) is 24.3 Å². The van der Waals surface area contributed by atoms with Crippen LogP contribution in [0, 0.1) is 5.92 Å². The molecule has 4 heterocycles. The van der Waals surface area contributed by atoms with Crippen molar-refractivity contribution >= 4 is 17.3 Å². The maximum absolute atomic E-state index is 13.0. The Morgan fingerprint density at radius 2 is 1.78 bits per heavy atom. The number of piperidine rings is 3. The standard InChI is InChI=1S/C27H31N3O2/c1-3-30(22-9-5-4-6-10-22)23-11-7-8-21(18-23)24-12-13-25(32-24)27(31)28-26-19(2)29-16-14-20(26)15-17-29/h4-13,18-20,26H,3,14-17H2,1-2H3,(H,28,31)/t19-,26-/m0/s1. The zero-order chi connectivity index (χ0) is 22.1. The molecule has 0 aliphatic carbocycles. The third-order valence-electron chi connectivity index (χ3n) is 7.13. The number of hydrogen-bond donors (Lipinski definition) is 1. The summed E-state index contributed by atoms with van der Waals surface area (Å²) in [5, 5.41) is 3.26. The molecule has 3 aromatic rings. The van der Waals surface area contributed by atoms with E-state index in [4.69, 9.17) is 4.42 Å². The first kappa shape index (κ1) is 20.8. The van der Waals surface area contributed by atoms with Crippen LogP contribution in [0.2, 0.25) is 0 Å². The lowest BCUT2D eigenvalue weighted by molar-refractivity contribution is 0.0211. The molecule has 0 saturated carbocycles. The van der Waals surface area contributed by atoms with E-state index in [1.165, 1.54) is 12.8 Å². The van der Waals surface area contributed by atoms with Crippen molar-refractivity contribution < 1.29 is 9.21 Å². The monoisotopic (exact) mass is 429 g/mol. The van der Waals surface area contributed by atoms with Gasteiger partial charge >= 0.3 is 0 Å². The first-order chi connectivity index (χ1) is 15.6.